The second-order valence-electron chi connectivity index (χ2n) is 5.21. The van der Waals surface area contributed by atoms with Gasteiger partial charge >= 0.3 is 5.97 Å². The highest BCUT2D eigenvalue weighted by atomic mass is 16.5. The average Bonchev–Trinajstić information content (AvgIpc) is 2.41. The summed E-state index contributed by atoms with van der Waals surface area (Å²) in [6.07, 6.45) is 1.54. The highest BCUT2D eigenvalue weighted by Crippen LogP contribution is 2.30. The van der Waals surface area contributed by atoms with Gasteiger partial charge in [0.2, 0.25) is 5.91 Å². The molecule has 6 nitrogen and oxygen atoms in total. The number of hydrogen-bond donors (Lipinski definition) is 3. The number of phenols is 1. The van der Waals surface area contributed by atoms with Crippen molar-refractivity contribution in [1.29, 1.82) is 0 Å². The minimum atomic E-state index is -1.24. The Bertz CT molecular complexity index is 534. The summed E-state index contributed by atoms with van der Waals surface area (Å²) in [7, 11) is 0. The quantitative estimate of drug-likeness (QED) is 0.734. The van der Waals surface area contributed by atoms with Crippen LogP contribution in [0.3, 0.4) is 0 Å². The number of hydrogen-bond acceptors (Lipinski definition) is 4. The van der Waals surface area contributed by atoms with Crippen molar-refractivity contribution in [3.8, 4) is 5.75 Å². The lowest BCUT2D eigenvalue weighted by Crippen LogP contribution is -2.40. The Labute approximate surface area is 116 Å². The highest BCUT2D eigenvalue weighted by Gasteiger charge is 2.35. The van der Waals surface area contributed by atoms with E-state index in [1.165, 1.54) is 18.2 Å². The number of carboxylic acid groups (broad SMARTS) is 1. The molecular formula is C14H17NO5. The molecule has 0 saturated carbocycles. The van der Waals surface area contributed by atoms with Crippen LogP contribution in [0.25, 0.3) is 0 Å². The summed E-state index contributed by atoms with van der Waals surface area (Å²) >= 11 is 0. The van der Waals surface area contributed by atoms with Crippen LogP contribution in [-0.4, -0.2) is 35.3 Å². The van der Waals surface area contributed by atoms with Crippen molar-refractivity contribution in [2.45, 2.75) is 19.8 Å². The van der Waals surface area contributed by atoms with E-state index in [2.05, 4.69) is 5.32 Å². The third kappa shape index (κ3) is 2.91. The largest absolute Gasteiger partial charge is 0.507 e. The second kappa shape index (κ2) is 5.50. The monoisotopic (exact) mass is 279 g/mol. The predicted molar refractivity (Wildman–Crippen MR) is 71.9 cm³/mol. The van der Waals surface area contributed by atoms with Gasteiger partial charge in [-0.25, -0.2) is 4.79 Å². The maximum atomic E-state index is 12.3. The van der Waals surface area contributed by atoms with Crippen molar-refractivity contribution in [3.63, 3.8) is 0 Å². The summed E-state index contributed by atoms with van der Waals surface area (Å²) in [5.74, 6) is -1.78. The molecule has 1 unspecified atom stereocenters. The van der Waals surface area contributed by atoms with Crippen LogP contribution >= 0.6 is 0 Å². The van der Waals surface area contributed by atoms with E-state index >= 15 is 0 Å². The number of benzene rings is 1. The maximum Gasteiger partial charge on any atom is 0.339 e. The summed E-state index contributed by atoms with van der Waals surface area (Å²) in [5, 5.41) is 21.0. The number of carbonyl (C=O) groups is 2. The van der Waals surface area contributed by atoms with Crippen LogP contribution in [0.5, 0.6) is 5.75 Å². The second-order valence-corrected chi connectivity index (χ2v) is 5.21. The molecule has 2 rings (SSSR count). The fraction of sp³-hybridized carbons (Fsp3) is 0.429. The van der Waals surface area contributed by atoms with Gasteiger partial charge in [-0.1, -0.05) is 0 Å². The van der Waals surface area contributed by atoms with Crippen LogP contribution in [0, 0.1) is 5.41 Å². The van der Waals surface area contributed by atoms with Gasteiger partial charge in [0.05, 0.1) is 12.0 Å². The first kappa shape index (κ1) is 14.3. The Hall–Kier alpha value is -2.08. The predicted octanol–water partition coefficient (Wildman–Crippen LogP) is 1.85. The summed E-state index contributed by atoms with van der Waals surface area (Å²) in [4.78, 5) is 23.2. The van der Waals surface area contributed by atoms with Crippen LogP contribution in [0.1, 0.15) is 30.1 Å². The van der Waals surface area contributed by atoms with Crippen LogP contribution in [-0.2, 0) is 9.53 Å². The Morgan fingerprint density at radius 2 is 2.15 bits per heavy atom. The fourth-order valence-electron chi connectivity index (χ4n) is 2.18. The van der Waals surface area contributed by atoms with Crippen molar-refractivity contribution in [1.82, 2.24) is 0 Å². The molecule has 0 radical (unpaired) electrons. The zero-order valence-corrected chi connectivity index (χ0v) is 11.2. The fourth-order valence-corrected chi connectivity index (χ4v) is 2.18. The lowest BCUT2D eigenvalue weighted by Gasteiger charge is -2.31. The van der Waals surface area contributed by atoms with Crippen LogP contribution in [0.4, 0.5) is 5.69 Å². The summed E-state index contributed by atoms with van der Waals surface area (Å²) in [6.45, 7) is 2.83. The Morgan fingerprint density at radius 1 is 1.40 bits per heavy atom. The van der Waals surface area contributed by atoms with Crippen molar-refractivity contribution in [2.75, 3.05) is 18.5 Å². The van der Waals surface area contributed by atoms with Gasteiger partial charge in [-0.3, -0.25) is 4.79 Å². The summed E-state index contributed by atoms with van der Waals surface area (Å²) in [5.41, 5.74) is -0.510. The number of amides is 1. The lowest BCUT2D eigenvalue weighted by molar-refractivity contribution is -0.131. The summed E-state index contributed by atoms with van der Waals surface area (Å²) in [6, 6.07) is 3.95. The Morgan fingerprint density at radius 3 is 2.75 bits per heavy atom. The standard InChI is InChI=1S/C14H17NO5/c1-14(5-2-6-20-8-14)13(19)15-9-3-4-11(16)10(7-9)12(17)18/h3-4,7,16H,2,5-6,8H2,1H3,(H,15,19)(H,17,18). The number of anilines is 1. The zero-order valence-electron chi connectivity index (χ0n) is 11.2. The van der Waals surface area contributed by atoms with Gasteiger partial charge in [-0.2, -0.15) is 0 Å². The average molecular weight is 279 g/mol. The van der Waals surface area contributed by atoms with Crippen molar-refractivity contribution >= 4 is 17.6 Å². The number of aromatic carboxylic acids is 1. The molecule has 3 N–H and O–H groups in total. The van der Waals surface area contributed by atoms with E-state index < -0.39 is 11.4 Å². The number of carbonyl (C=O) groups excluding carboxylic acids is 1. The molecule has 6 heteroatoms. The molecule has 0 bridgehead atoms. The van der Waals surface area contributed by atoms with E-state index in [0.717, 1.165) is 12.8 Å². The van der Waals surface area contributed by atoms with Gasteiger partial charge in [-0.15, -0.1) is 0 Å². The van der Waals surface area contributed by atoms with Gasteiger partial charge in [0.25, 0.3) is 0 Å². The van der Waals surface area contributed by atoms with Crippen molar-refractivity contribution < 1.29 is 24.5 Å². The number of nitrogens with one attached hydrogen (secondary N) is 1. The molecule has 1 aliphatic heterocycles. The van der Waals surface area contributed by atoms with Crippen molar-refractivity contribution in [2.24, 2.45) is 5.41 Å². The first-order valence-electron chi connectivity index (χ1n) is 6.38. The third-order valence-corrected chi connectivity index (χ3v) is 3.47. The number of carboxylic acids is 1. The first-order chi connectivity index (χ1) is 9.42. The van der Waals surface area contributed by atoms with E-state index in [1.807, 2.05) is 6.92 Å². The van der Waals surface area contributed by atoms with E-state index in [-0.39, 0.29) is 17.2 Å². The molecule has 1 amide bonds. The molecule has 20 heavy (non-hydrogen) atoms. The number of ether oxygens (including phenoxy) is 1. The molecular weight excluding hydrogens is 262 g/mol. The van der Waals surface area contributed by atoms with Crippen LogP contribution in [0.2, 0.25) is 0 Å². The SMILES string of the molecule is CC1(C(=O)Nc2ccc(O)c(C(=O)O)c2)CCCOC1. The van der Waals surface area contributed by atoms with Crippen LogP contribution in [0.15, 0.2) is 18.2 Å². The number of rotatable bonds is 3. The Balaban J connectivity index is 2.15. The number of aromatic hydroxyl groups is 1. The maximum absolute atomic E-state index is 12.3. The first-order valence-corrected chi connectivity index (χ1v) is 6.38. The van der Waals surface area contributed by atoms with E-state index in [0.29, 0.717) is 18.9 Å². The molecule has 1 heterocycles. The topological polar surface area (TPSA) is 95.9 Å². The Kier molecular flexibility index (Phi) is 3.94. The zero-order chi connectivity index (χ0) is 14.8. The molecule has 1 fully saturated rings. The van der Waals surface area contributed by atoms with Crippen LogP contribution < -0.4 is 5.32 Å². The molecule has 1 aromatic rings. The lowest BCUT2D eigenvalue weighted by atomic mass is 9.84. The molecule has 0 aromatic heterocycles. The van der Waals surface area contributed by atoms with E-state index in [9.17, 15) is 14.7 Å². The molecule has 108 valence electrons. The highest BCUT2D eigenvalue weighted by molar-refractivity contribution is 5.97. The molecule has 1 aromatic carbocycles. The third-order valence-electron chi connectivity index (χ3n) is 3.47. The molecule has 0 aliphatic carbocycles. The van der Waals surface area contributed by atoms with Crippen molar-refractivity contribution in [3.05, 3.63) is 23.8 Å². The molecule has 1 saturated heterocycles. The van der Waals surface area contributed by atoms with Gasteiger partial charge in [0, 0.05) is 12.3 Å². The van der Waals surface area contributed by atoms with Gasteiger partial charge in [-0.05, 0) is 38.0 Å². The van der Waals surface area contributed by atoms with E-state index in [4.69, 9.17) is 9.84 Å². The molecule has 1 aliphatic rings. The van der Waals surface area contributed by atoms with Gasteiger partial charge in [0.15, 0.2) is 0 Å². The normalized spacial score (nSPS) is 22.2. The minimum absolute atomic E-state index is 0.209. The van der Waals surface area contributed by atoms with Gasteiger partial charge < -0.3 is 20.3 Å². The molecule has 0 spiro atoms. The van der Waals surface area contributed by atoms with E-state index in [1.54, 1.807) is 0 Å². The summed E-state index contributed by atoms with van der Waals surface area (Å²) < 4.78 is 5.33. The smallest absolute Gasteiger partial charge is 0.339 e. The molecule has 1 atom stereocenters. The minimum Gasteiger partial charge on any atom is -0.507 e. The van der Waals surface area contributed by atoms with Gasteiger partial charge in [0.1, 0.15) is 11.3 Å².